The largest absolute Gasteiger partial charge is 0.304 e. The second-order valence-electron chi connectivity index (χ2n) is 5.65. The van der Waals surface area contributed by atoms with E-state index in [4.69, 9.17) is 4.98 Å². The van der Waals surface area contributed by atoms with Crippen LogP contribution in [0.25, 0.3) is 11.3 Å². The Morgan fingerprint density at radius 3 is 2.55 bits per heavy atom. The predicted molar refractivity (Wildman–Crippen MR) is 86.4 cm³/mol. The number of likely N-dealkylation sites (tertiary alicyclic amines) is 1. The molecule has 0 atom stereocenters. The smallest absolute Gasteiger partial charge is 0.0964 e. The van der Waals surface area contributed by atoms with Crippen molar-refractivity contribution in [3.05, 3.63) is 40.2 Å². The lowest BCUT2D eigenvalue weighted by molar-refractivity contribution is 0.222. The summed E-state index contributed by atoms with van der Waals surface area (Å²) in [6.45, 7) is 8.00. The fourth-order valence-corrected chi connectivity index (χ4v) is 3.83. The number of hydrogen-bond acceptors (Lipinski definition) is 3. The van der Waals surface area contributed by atoms with E-state index in [2.05, 4.69) is 48.4 Å². The SMILES string of the molecule is CCN1CCC(c2nc(-c3ccc(C)cc3)cs2)CC1. The van der Waals surface area contributed by atoms with E-state index >= 15 is 0 Å². The van der Waals surface area contributed by atoms with Crippen molar-refractivity contribution in [3.63, 3.8) is 0 Å². The highest BCUT2D eigenvalue weighted by atomic mass is 32.1. The summed E-state index contributed by atoms with van der Waals surface area (Å²) in [5.41, 5.74) is 3.68. The molecular formula is C17H22N2S. The average Bonchev–Trinajstić information content (AvgIpc) is 2.98. The number of hydrogen-bond donors (Lipinski definition) is 0. The standard InChI is InChI=1S/C17H22N2S/c1-3-19-10-8-15(9-11-19)17-18-16(12-20-17)14-6-4-13(2)5-7-14/h4-7,12,15H,3,8-11H2,1-2H3. The molecule has 0 spiro atoms. The van der Waals surface area contributed by atoms with Crippen molar-refractivity contribution in [2.75, 3.05) is 19.6 Å². The van der Waals surface area contributed by atoms with Crippen LogP contribution in [0.4, 0.5) is 0 Å². The van der Waals surface area contributed by atoms with E-state index in [0.717, 1.165) is 5.69 Å². The molecule has 1 aliphatic heterocycles. The van der Waals surface area contributed by atoms with Crippen LogP contribution < -0.4 is 0 Å². The van der Waals surface area contributed by atoms with Gasteiger partial charge in [0.2, 0.25) is 0 Å². The van der Waals surface area contributed by atoms with Crippen molar-refractivity contribution in [1.82, 2.24) is 9.88 Å². The molecule has 0 N–H and O–H groups in total. The highest BCUT2D eigenvalue weighted by Gasteiger charge is 2.22. The number of rotatable bonds is 3. The van der Waals surface area contributed by atoms with E-state index in [1.54, 1.807) is 0 Å². The molecule has 2 nitrogen and oxygen atoms in total. The minimum atomic E-state index is 0.669. The molecule has 1 aromatic heterocycles. The zero-order valence-corrected chi connectivity index (χ0v) is 13.1. The molecule has 20 heavy (non-hydrogen) atoms. The van der Waals surface area contributed by atoms with Crippen LogP contribution >= 0.6 is 11.3 Å². The van der Waals surface area contributed by atoms with Gasteiger partial charge in [0, 0.05) is 16.9 Å². The van der Waals surface area contributed by atoms with Crippen LogP contribution in [0.3, 0.4) is 0 Å². The predicted octanol–water partition coefficient (Wildman–Crippen LogP) is 4.32. The highest BCUT2D eigenvalue weighted by Crippen LogP contribution is 2.32. The third kappa shape index (κ3) is 2.94. The maximum atomic E-state index is 4.88. The summed E-state index contributed by atoms with van der Waals surface area (Å²) in [6, 6.07) is 8.67. The lowest BCUT2D eigenvalue weighted by Crippen LogP contribution is -2.32. The van der Waals surface area contributed by atoms with Gasteiger partial charge in [-0.3, -0.25) is 0 Å². The van der Waals surface area contributed by atoms with Crippen molar-refractivity contribution in [1.29, 1.82) is 0 Å². The van der Waals surface area contributed by atoms with Crippen molar-refractivity contribution in [3.8, 4) is 11.3 Å². The van der Waals surface area contributed by atoms with Gasteiger partial charge in [0.05, 0.1) is 10.7 Å². The second-order valence-corrected chi connectivity index (χ2v) is 6.54. The zero-order chi connectivity index (χ0) is 13.9. The minimum Gasteiger partial charge on any atom is -0.304 e. The molecule has 0 radical (unpaired) electrons. The molecule has 1 aromatic carbocycles. The summed E-state index contributed by atoms with van der Waals surface area (Å²) < 4.78 is 0. The normalized spacial score (nSPS) is 17.5. The molecule has 2 heterocycles. The molecule has 0 aliphatic carbocycles. The summed E-state index contributed by atoms with van der Waals surface area (Å²) in [4.78, 5) is 7.42. The van der Waals surface area contributed by atoms with Crippen LogP contribution in [-0.2, 0) is 0 Å². The molecule has 0 unspecified atom stereocenters. The van der Waals surface area contributed by atoms with Gasteiger partial charge in [-0.25, -0.2) is 4.98 Å². The number of piperidine rings is 1. The average molecular weight is 286 g/mol. The number of benzene rings is 1. The van der Waals surface area contributed by atoms with Crippen LogP contribution in [0.1, 0.15) is 36.3 Å². The van der Waals surface area contributed by atoms with Crippen LogP contribution in [0.2, 0.25) is 0 Å². The molecule has 3 rings (SSSR count). The van der Waals surface area contributed by atoms with E-state index in [1.807, 2.05) is 11.3 Å². The Bertz CT molecular complexity index is 551. The quantitative estimate of drug-likeness (QED) is 0.835. The minimum absolute atomic E-state index is 0.669. The van der Waals surface area contributed by atoms with Gasteiger partial charge in [-0.05, 0) is 39.4 Å². The van der Waals surface area contributed by atoms with E-state index in [9.17, 15) is 0 Å². The Balaban J connectivity index is 1.72. The Hall–Kier alpha value is -1.19. The van der Waals surface area contributed by atoms with E-state index in [0.29, 0.717) is 5.92 Å². The Kier molecular flexibility index (Phi) is 4.18. The van der Waals surface area contributed by atoms with Gasteiger partial charge in [-0.2, -0.15) is 0 Å². The summed E-state index contributed by atoms with van der Waals surface area (Å²) in [5, 5.41) is 3.54. The van der Waals surface area contributed by atoms with Crippen molar-refractivity contribution >= 4 is 11.3 Å². The lowest BCUT2D eigenvalue weighted by atomic mass is 9.97. The van der Waals surface area contributed by atoms with Gasteiger partial charge in [0.15, 0.2) is 0 Å². The van der Waals surface area contributed by atoms with Gasteiger partial charge in [-0.1, -0.05) is 36.8 Å². The Morgan fingerprint density at radius 2 is 1.90 bits per heavy atom. The summed E-state index contributed by atoms with van der Waals surface area (Å²) in [7, 11) is 0. The topological polar surface area (TPSA) is 16.1 Å². The summed E-state index contributed by atoms with van der Waals surface area (Å²) >= 11 is 1.83. The van der Waals surface area contributed by atoms with Crippen LogP contribution in [-0.4, -0.2) is 29.5 Å². The number of aromatic nitrogens is 1. The molecule has 0 bridgehead atoms. The molecule has 1 fully saturated rings. The van der Waals surface area contributed by atoms with E-state index in [-0.39, 0.29) is 0 Å². The van der Waals surface area contributed by atoms with Gasteiger partial charge in [-0.15, -0.1) is 11.3 Å². The van der Waals surface area contributed by atoms with Gasteiger partial charge >= 0.3 is 0 Å². The molecule has 106 valence electrons. The first-order chi connectivity index (χ1) is 9.76. The summed E-state index contributed by atoms with van der Waals surface area (Å²) in [5.74, 6) is 0.669. The molecule has 0 saturated carbocycles. The van der Waals surface area contributed by atoms with Crippen LogP contribution in [0.15, 0.2) is 29.6 Å². The van der Waals surface area contributed by atoms with E-state index < -0.39 is 0 Å². The summed E-state index contributed by atoms with van der Waals surface area (Å²) in [6.07, 6.45) is 2.52. The van der Waals surface area contributed by atoms with Gasteiger partial charge < -0.3 is 4.90 Å². The Labute approximate surface area is 125 Å². The Morgan fingerprint density at radius 1 is 1.20 bits per heavy atom. The van der Waals surface area contributed by atoms with Crippen LogP contribution in [0, 0.1) is 6.92 Å². The second kappa shape index (κ2) is 6.06. The monoisotopic (exact) mass is 286 g/mol. The van der Waals surface area contributed by atoms with Gasteiger partial charge in [0.1, 0.15) is 0 Å². The number of thiazole rings is 1. The third-order valence-electron chi connectivity index (χ3n) is 4.25. The molecule has 3 heteroatoms. The fourth-order valence-electron chi connectivity index (χ4n) is 2.83. The van der Waals surface area contributed by atoms with Crippen molar-refractivity contribution in [2.45, 2.75) is 32.6 Å². The first kappa shape index (κ1) is 13.8. The highest BCUT2D eigenvalue weighted by molar-refractivity contribution is 7.10. The molecule has 1 aliphatic rings. The molecule has 1 saturated heterocycles. The number of aryl methyl sites for hydroxylation is 1. The van der Waals surface area contributed by atoms with Crippen LogP contribution in [0.5, 0.6) is 0 Å². The lowest BCUT2D eigenvalue weighted by Gasteiger charge is -2.29. The van der Waals surface area contributed by atoms with Gasteiger partial charge in [0.25, 0.3) is 0 Å². The van der Waals surface area contributed by atoms with Crippen molar-refractivity contribution in [2.24, 2.45) is 0 Å². The maximum absolute atomic E-state index is 4.88. The molecule has 2 aromatic rings. The molecular weight excluding hydrogens is 264 g/mol. The third-order valence-corrected chi connectivity index (χ3v) is 5.26. The van der Waals surface area contributed by atoms with Crippen molar-refractivity contribution < 1.29 is 0 Å². The first-order valence-electron chi connectivity index (χ1n) is 7.51. The first-order valence-corrected chi connectivity index (χ1v) is 8.39. The molecule has 0 amide bonds. The fraction of sp³-hybridized carbons (Fsp3) is 0.471. The van der Waals surface area contributed by atoms with E-state index in [1.165, 1.54) is 48.6 Å². The zero-order valence-electron chi connectivity index (χ0n) is 12.3. The maximum Gasteiger partial charge on any atom is 0.0964 e. The number of nitrogens with zero attached hydrogens (tertiary/aromatic N) is 2.